The van der Waals surface area contributed by atoms with Crippen LogP contribution in [0.1, 0.15) is 24.2 Å². The van der Waals surface area contributed by atoms with E-state index in [1.54, 1.807) is 0 Å². The van der Waals surface area contributed by atoms with E-state index >= 15 is 0 Å². The number of halogens is 1. The summed E-state index contributed by atoms with van der Waals surface area (Å²) < 4.78 is 3.15. The summed E-state index contributed by atoms with van der Waals surface area (Å²) in [7, 11) is 0. The first kappa shape index (κ1) is 9.21. The summed E-state index contributed by atoms with van der Waals surface area (Å²) in [5.41, 5.74) is 8.21. The second kappa shape index (κ2) is 3.80. The molecule has 0 amide bonds. The Morgan fingerprint density at radius 2 is 2.15 bits per heavy atom. The largest absolute Gasteiger partial charge is 0.329 e. The van der Waals surface area contributed by atoms with Crippen LogP contribution in [0.2, 0.25) is 0 Å². The normalized spacial score (nSPS) is 15.8. The Morgan fingerprint density at radius 3 is 2.92 bits per heavy atom. The molecule has 0 bridgehead atoms. The first-order chi connectivity index (χ1) is 6.33. The second-order valence-electron chi connectivity index (χ2n) is 3.42. The Bertz CT molecular complexity index is 306. The van der Waals surface area contributed by atoms with Gasteiger partial charge >= 0.3 is 0 Å². The zero-order valence-corrected chi connectivity index (χ0v) is 9.18. The van der Waals surface area contributed by atoms with E-state index in [9.17, 15) is 0 Å². The number of rotatable bonds is 2. The number of hydrogen-bond donors (Lipinski definition) is 1. The summed E-state index contributed by atoms with van der Waals surface area (Å²) in [6, 6.07) is 0. The molecule has 0 radical (unpaired) electrons. The molecule has 0 saturated heterocycles. The van der Waals surface area contributed by atoms with Gasteiger partial charge in [-0.15, -0.1) is 0 Å². The SMILES string of the molecule is NCCn1c(Br)nc2c1CCCC2. The summed E-state index contributed by atoms with van der Waals surface area (Å²) in [6.07, 6.45) is 4.86. The first-order valence-electron chi connectivity index (χ1n) is 4.76. The van der Waals surface area contributed by atoms with Gasteiger partial charge in [-0.1, -0.05) is 0 Å². The summed E-state index contributed by atoms with van der Waals surface area (Å²) in [4.78, 5) is 4.49. The summed E-state index contributed by atoms with van der Waals surface area (Å²) in [5.74, 6) is 0. The van der Waals surface area contributed by atoms with Gasteiger partial charge in [-0.2, -0.15) is 0 Å². The van der Waals surface area contributed by atoms with Crippen LogP contribution in [0.4, 0.5) is 0 Å². The van der Waals surface area contributed by atoms with Gasteiger partial charge in [0.05, 0.1) is 5.69 Å². The fourth-order valence-corrected chi connectivity index (χ4v) is 2.53. The number of fused-ring (bicyclic) bond motifs is 1. The van der Waals surface area contributed by atoms with Gasteiger partial charge in [-0.25, -0.2) is 4.98 Å². The average molecular weight is 244 g/mol. The van der Waals surface area contributed by atoms with Crippen molar-refractivity contribution in [2.45, 2.75) is 32.2 Å². The molecule has 1 heterocycles. The Labute approximate surface area is 86.5 Å². The smallest absolute Gasteiger partial charge is 0.177 e. The molecule has 1 aliphatic carbocycles. The Balaban J connectivity index is 2.36. The molecule has 1 aromatic heterocycles. The highest BCUT2D eigenvalue weighted by molar-refractivity contribution is 9.10. The van der Waals surface area contributed by atoms with Crippen molar-refractivity contribution in [1.82, 2.24) is 9.55 Å². The van der Waals surface area contributed by atoms with E-state index in [1.165, 1.54) is 24.2 Å². The molecule has 13 heavy (non-hydrogen) atoms. The summed E-state index contributed by atoms with van der Waals surface area (Å²) in [6.45, 7) is 1.56. The molecule has 0 spiro atoms. The van der Waals surface area contributed by atoms with Crippen molar-refractivity contribution in [3.63, 3.8) is 0 Å². The molecule has 0 aliphatic heterocycles. The van der Waals surface area contributed by atoms with Crippen LogP contribution in [-0.4, -0.2) is 16.1 Å². The van der Waals surface area contributed by atoms with Crippen LogP contribution in [-0.2, 0) is 19.4 Å². The second-order valence-corrected chi connectivity index (χ2v) is 4.13. The van der Waals surface area contributed by atoms with Crippen molar-refractivity contribution in [3.05, 3.63) is 16.1 Å². The predicted molar refractivity (Wildman–Crippen MR) is 55.6 cm³/mol. The molecular weight excluding hydrogens is 230 g/mol. The highest BCUT2D eigenvalue weighted by Crippen LogP contribution is 2.24. The molecule has 1 aliphatic rings. The fraction of sp³-hybridized carbons (Fsp3) is 0.667. The highest BCUT2D eigenvalue weighted by Gasteiger charge is 2.17. The quantitative estimate of drug-likeness (QED) is 0.856. The van der Waals surface area contributed by atoms with Crippen molar-refractivity contribution < 1.29 is 0 Å². The van der Waals surface area contributed by atoms with Crippen LogP contribution in [0.5, 0.6) is 0 Å². The van der Waals surface area contributed by atoms with Crippen molar-refractivity contribution in [1.29, 1.82) is 0 Å². The van der Waals surface area contributed by atoms with E-state index in [-0.39, 0.29) is 0 Å². The molecular formula is C9H14BrN3. The third kappa shape index (κ3) is 1.65. The molecule has 2 N–H and O–H groups in total. The van der Waals surface area contributed by atoms with E-state index in [4.69, 9.17) is 5.73 Å². The topological polar surface area (TPSA) is 43.8 Å². The lowest BCUT2D eigenvalue weighted by Gasteiger charge is -2.13. The van der Waals surface area contributed by atoms with Crippen LogP contribution in [0.3, 0.4) is 0 Å². The van der Waals surface area contributed by atoms with Gasteiger partial charge in [-0.3, -0.25) is 0 Å². The van der Waals surface area contributed by atoms with Gasteiger partial charge in [0.1, 0.15) is 0 Å². The van der Waals surface area contributed by atoms with Gasteiger partial charge in [0, 0.05) is 18.8 Å². The maximum absolute atomic E-state index is 5.55. The van der Waals surface area contributed by atoms with Crippen LogP contribution >= 0.6 is 15.9 Å². The van der Waals surface area contributed by atoms with Gasteiger partial charge < -0.3 is 10.3 Å². The molecule has 72 valence electrons. The summed E-state index contributed by atoms with van der Waals surface area (Å²) in [5, 5.41) is 0. The molecule has 3 nitrogen and oxygen atoms in total. The molecule has 0 unspecified atom stereocenters. The molecule has 0 fully saturated rings. The zero-order valence-electron chi connectivity index (χ0n) is 7.59. The van der Waals surface area contributed by atoms with Crippen LogP contribution in [0.15, 0.2) is 4.73 Å². The van der Waals surface area contributed by atoms with Crippen LogP contribution in [0.25, 0.3) is 0 Å². The van der Waals surface area contributed by atoms with Crippen LogP contribution in [0, 0.1) is 0 Å². The number of hydrogen-bond acceptors (Lipinski definition) is 2. The lowest BCUT2D eigenvalue weighted by molar-refractivity contribution is 0.602. The highest BCUT2D eigenvalue weighted by atomic mass is 79.9. The van der Waals surface area contributed by atoms with Crippen molar-refractivity contribution in [2.75, 3.05) is 6.54 Å². The third-order valence-electron chi connectivity index (χ3n) is 2.54. The molecule has 0 aromatic carbocycles. The molecule has 0 atom stereocenters. The molecule has 4 heteroatoms. The monoisotopic (exact) mass is 243 g/mol. The van der Waals surface area contributed by atoms with Gasteiger partial charge in [0.2, 0.25) is 0 Å². The maximum Gasteiger partial charge on any atom is 0.177 e. The van der Waals surface area contributed by atoms with Crippen molar-refractivity contribution in [2.24, 2.45) is 5.73 Å². The zero-order chi connectivity index (χ0) is 9.26. The first-order valence-corrected chi connectivity index (χ1v) is 5.56. The number of imidazole rings is 1. The Morgan fingerprint density at radius 1 is 1.38 bits per heavy atom. The minimum atomic E-state index is 0.682. The van der Waals surface area contributed by atoms with Gasteiger partial charge in [-0.05, 0) is 41.6 Å². The van der Waals surface area contributed by atoms with Crippen molar-refractivity contribution >= 4 is 15.9 Å². The number of nitrogens with zero attached hydrogens (tertiary/aromatic N) is 2. The van der Waals surface area contributed by atoms with Crippen LogP contribution < -0.4 is 5.73 Å². The van der Waals surface area contributed by atoms with E-state index in [1.807, 2.05) is 0 Å². The minimum Gasteiger partial charge on any atom is -0.329 e. The Hall–Kier alpha value is -0.350. The predicted octanol–water partition coefficient (Wildman–Crippen LogP) is 1.48. The minimum absolute atomic E-state index is 0.682. The Kier molecular flexibility index (Phi) is 2.69. The van der Waals surface area contributed by atoms with E-state index in [0.29, 0.717) is 6.54 Å². The van der Waals surface area contributed by atoms with Crippen molar-refractivity contribution in [3.8, 4) is 0 Å². The van der Waals surface area contributed by atoms with E-state index in [0.717, 1.165) is 24.1 Å². The van der Waals surface area contributed by atoms with E-state index < -0.39 is 0 Å². The lowest BCUT2D eigenvalue weighted by atomic mass is 10.0. The molecule has 1 aromatic rings. The number of aromatic nitrogens is 2. The number of aryl methyl sites for hydroxylation is 1. The summed E-state index contributed by atoms with van der Waals surface area (Å²) >= 11 is 3.47. The average Bonchev–Trinajstić information content (AvgIpc) is 2.44. The third-order valence-corrected chi connectivity index (χ3v) is 3.14. The van der Waals surface area contributed by atoms with Gasteiger partial charge in [0.15, 0.2) is 4.73 Å². The van der Waals surface area contributed by atoms with Gasteiger partial charge in [0.25, 0.3) is 0 Å². The fourth-order valence-electron chi connectivity index (χ4n) is 1.92. The number of nitrogens with two attached hydrogens (primary N) is 1. The molecule has 2 rings (SSSR count). The maximum atomic E-state index is 5.55. The standard InChI is InChI=1S/C9H14BrN3/c10-9-12-7-3-1-2-4-8(7)13(9)6-5-11/h1-6,11H2. The lowest BCUT2D eigenvalue weighted by Crippen LogP contribution is -2.14. The van der Waals surface area contributed by atoms with E-state index in [2.05, 4.69) is 25.5 Å². The molecule has 0 saturated carbocycles.